The van der Waals surface area contributed by atoms with Crippen molar-refractivity contribution in [1.82, 2.24) is 19.5 Å². The quantitative estimate of drug-likeness (QED) is 0.443. The van der Waals surface area contributed by atoms with Gasteiger partial charge >= 0.3 is 0 Å². The summed E-state index contributed by atoms with van der Waals surface area (Å²) in [6, 6.07) is 16.4. The monoisotopic (exact) mass is 473 g/mol. The first-order valence-corrected chi connectivity index (χ1v) is 12.6. The summed E-state index contributed by atoms with van der Waals surface area (Å²) in [4.78, 5) is 23.2. The van der Waals surface area contributed by atoms with Crippen LogP contribution in [-0.4, -0.2) is 52.1 Å². The van der Waals surface area contributed by atoms with Gasteiger partial charge < -0.3 is 14.5 Å². The zero-order chi connectivity index (χ0) is 23.1. The maximum Gasteiger partial charge on any atom is 0.226 e. The molecule has 6 rings (SSSR count). The van der Waals surface area contributed by atoms with Gasteiger partial charge in [0.05, 0.1) is 19.0 Å². The normalized spacial score (nSPS) is 16.6. The predicted octanol–water partition coefficient (Wildman–Crippen LogP) is 4.27. The topological polar surface area (TPSA) is 63.0 Å². The number of imidazole rings is 1. The summed E-state index contributed by atoms with van der Waals surface area (Å²) in [5.41, 5.74) is 4.62. The van der Waals surface area contributed by atoms with Gasteiger partial charge in [0.15, 0.2) is 0 Å². The highest BCUT2D eigenvalue weighted by atomic mass is 32.1. The maximum atomic E-state index is 13.2. The van der Waals surface area contributed by atoms with E-state index >= 15 is 0 Å². The standard InChI is InChI=1S/C26H27N5O2S/c1-33-22-8-6-19(7-9-22)23-17-31-25(27-23)34-26(28-31)29-13-11-20(12-14-29)24(32)30-15-10-18-4-2-3-5-21(18)16-30/h2-9,17,20H,10-16H2,1H3. The number of benzene rings is 2. The minimum Gasteiger partial charge on any atom is -0.497 e. The second-order valence-electron chi connectivity index (χ2n) is 9.01. The maximum absolute atomic E-state index is 13.2. The van der Waals surface area contributed by atoms with Crippen LogP contribution in [0, 0.1) is 5.92 Å². The van der Waals surface area contributed by atoms with Gasteiger partial charge in [-0.05, 0) is 54.7 Å². The van der Waals surface area contributed by atoms with Crippen molar-refractivity contribution in [2.24, 2.45) is 5.92 Å². The van der Waals surface area contributed by atoms with Gasteiger partial charge in [0.1, 0.15) is 5.75 Å². The fraction of sp³-hybridized carbons (Fsp3) is 0.346. The first-order valence-electron chi connectivity index (χ1n) is 11.8. The van der Waals surface area contributed by atoms with Crippen LogP contribution in [0.15, 0.2) is 54.7 Å². The van der Waals surface area contributed by atoms with Crippen LogP contribution in [0.4, 0.5) is 5.13 Å². The molecule has 0 unspecified atom stereocenters. The van der Waals surface area contributed by atoms with Crippen molar-refractivity contribution in [2.75, 3.05) is 31.6 Å². The number of carbonyl (C=O) groups excluding carboxylic acids is 1. The molecule has 0 saturated carbocycles. The molecule has 2 aliphatic heterocycles. The predicted molar refractivity (Wildman–Crippen MR) is 133 cm³/mol. The van der Waals surface area contributed by atoms with Crippen LogP contribution in [0.25, 0.3) is 16.2 Å². The highest BCUT2D eigenvalue weighted by Crippen LogP contribution is 2.31. The van der Waals surface area contributed by atoms with Crippen LogP contribution in [0.5, 0.6) is 5.75 Å². The Hall–Kier alpha value is -3.39. The van der Waals surface area contributed by atoms with Crippen molar-refractivity contribution >= 4 is 27.3 Å². The van der Waals surface area contributed by atoms with Crippen molar-refractivity contribution in [3.63, 3.8) is 0 Å². The Morgan fingerprint density at radius 1 is 1.03 bits per heavy atom. The van der Waals surface area contributed by atoms with Gasteiger partial charge in [0, 0.05) is 37.7 Å². The molecule has 0 atom stereocenters. The van der Waals surface area contributed by atoms with E-state index in [-0.39, 0.29) is 5.92 Å². The molecule has 1 fully saturated rings. The lowest BCUT2D eigenvalue weighted by atomic mass is 9.93. The largest absolute Gasteiger partial charge is 0.497 e. The van der Waals surface area contributed by atoms with Crippen molar-refractivity contribution in [2.45, 2.75) is 25.8 Å². The number of hydrogen-bond acceptors (Lipinski definition) is 6. The summed E-state index contributed by atoms with van der Waals surface area (Å²) in [6.45, 7) is 3.28. The molecule has 2 aliphatic rings. The molecule has 1 amide bonds. The molecule has 2 aromatic heterocycles. The van der Waals surface area contributed by atoms with Gasteiger partial charge in [-0.2, -0.15) is 0 Å². The van der Waals surface area contributed by atoms with E-state index in [1.54, 1.807) is 18.4 Å². The number of hydrogen-bond donors (Lipinski definition) is 0. The fourth-order valence-corrected chi connectivity index (χ4v) is 5.91. The summed E-state index contributed by atoms with van der Waals surface area (Å²) in [7, 11) is 1.67. The molecule has 7 nitrogen and oxygen atoms in total. The second-order valence-corrected chi connectivity index (χ2v) is 9.94. The molecular formula is C26H27N5O2S. The number of fused-ring (bicyclic) bond motifs is 2. The number of amides is 1. The van der Waals surface area contributed by atoms with Crippen LogP contribution in [0.1, 0.15) is 24.0 Å². The molecule has 0 radical (unpaired) electrons. The number of carbonyl (C=O) groups is 1. The smallest absolute Gasteiger partial charge is 0.226 e. The Morgan fingerprint density at radius 2 is 1.79 bits per heavy atom. The van der Waals surface area contributed by atoms with Crippen molar-refractivity contribution in [1.29, 1.82) is 0 Å². The zero-order valence-electron chi connectivity index (χ0n) is 19.2. The molecule has 34 heavy (non-hydrogen) atoms. The Morgan fingerprint density at radius 3 is 2.53 bits per heavy atom. The van der Waals surface area contributed by atoms with E-state index in [9.17, 15) is 4.79 Å². The Bertz CT molecular complexity index is 1290. The minimum atomic E-state index is 0.104. The lowest BCUT2D eigenvalue weighted by Crippen LogP contribution is -2.44. The summed E-state index contributed by atoms with van der Waals surface area (Å²) in [5.74, 6) is 1.25. The van der Waals surface area contributed by atoms with Crippen LogP contribution in [-0.2, 0) is 17.8 Å². The Balaban J connectivity index is 1.09. The summed E-state index contributed by atoms with van der Waals surface area (Å²) >= 11 is 1.60. The van der Waals surface area contributed by atoms with Gasteiger partial charge in [0.2, 0.25) is 16.0 Å². The SMILES string of the molecule is COc1ccc(-c2cn3nc(N4CCC(C(=O)N5CCc6ccccc6C5)CC4)sc3n2)cc1. The highest BCUT2D eigenvalue weighted by molar-refractivity contribution is 7.20. The zero-order valence-corrected chi connectivity index (χ0v) is 20.0. The first-order chi connectivity index (χ1) is 16.7. The van der Waals surface area contributed by atoms with E-state index in [0.29, 0.717) is 5.91 Å². The summed E-state index contributed by atoms with van der Waals surface area (Å²) < 4.78 is 7.10. The number of methoxy groups -OCH3 is 1. The van der Waals surface area contributed by atoms with Crippen molar-refractivity contribution < 1.29 is 9.53 Å². The fourth-order valence-electron chi connectivity index (χ4n) is 4.98. The van der Waals surface area contributed by atoms with E-state index in [0.717, 1.165) is 72.5 Å². The van der Waals surface area contributed by atoms with Crippen LogP contribution >= 0.6 is 11.3 Å². The van der Waals surface area contributed by atoms with Gasteiger partial charge in [0.25, 0.3) is 0 Å². The molecule has 0 N–H and O–H groups in total. The van der Waals surface area contributed by atoms with E-state index in [1.165, 1.54) is 11.1 Å². The average molecular weight is 474 g/mol. The molecule has 2 aromatic carbocycles. The summed E-state index contributed by atoms with van der Waals surface area (Å²) in [6.07, 6.45) is 4.67. The van der Waals surface area contributed by atoms with Crippen LogP contribution in [0.3, 0.4) is 0 Å². The van der Waals surface area contributed by atoms with E-state index < -0.39 is 0 Å². The second kappa shape index (κ2) is 8.76. The molecule has 1 saturated heterocycles. The van der Waals surface area contributed by atoms with Gasteiger partial charge in [-0.15, -0.1) is 5.10 Å². The van der Waals surface area contributed by atoms with E-state index in [4.69, 9.17) is 14.8 Å². The summed E-state index contributed by atoms with van der Waals surface area (Å²) in [5, 5.41) is 5.75. The molecule has 0 aliphatic carbocycles. The average Bonchev–Trinajstić information content (AvgIpc) is 3.48. The third-order valence-electron chi connectivity index (χ3n) is 6.98. The van der Waals surface area contributed by atoms with Crippen LogP contribution in [0.2, 0.25) is 0 Å². The van der Waals surface area contributed by atoms with Gasteiger partial charge in [-0.3, -0.25) is 4.79 Å². The molecule has 0 bridgehead atoms. The van der Waals surface area contributed by atoms with Gasteiger partial charge in [-0.1, -0.05) is 35.6 Å². The number of aromatic nitrogens is 3. The third kappa shape index (κ3) is 3.92. The molecule has 4 heterocycles. The van der Waals surface area contributed by atoms with Crippen LogP contribution < -0.4 is 9.64 Å². The van der Waals surface area contributed by atoms with Crippen molar-refractivity contribution in [3.05, 3.63) is 65.9 Å². The van der Waals surface area contributed by atoms with Gasteiger partial charge in [-0.25, -0.2) is 9.50 Å². The number of ether oxygens (including phenoxy) is 1. The number of piperidine rings is 1. The Labute approximate surface area is 202 Å². The number of rotatable bonds is 4. The lowest BCUT2D eigenvalue weighted by molar-refractivity contribution is -0.137. The molecule has 0 spiro atoms. The van der Waals surface area contributed by atoms with Crippen molar-refractivity contribution in [3.8, 4) is 17.0 Å². The van der Waals surface area contributed by atoms with E-state index in [2.05, 4.69) is 34.1 Å². The highest BCUT2D eigenvalue weighted by Gasteiger charge is 2.31. The minimum absolute atomic E-state index is 0.104. The van der Waals surface area contributed by atoms with E-state index in [1.807, 2.05) is 35.0 Å². The number of nitrogens with zero attached hydrogens (tertiary/aromatic N) is 5. The number of anilines is 1. The Kier molecular flexibility index (Phi) is 5.45. The molecule has 174 valence electrons. The molecular weight excluding hydrogens is 446 g/mol. The molecule has 4 aromatic rings. The lowest BCUT2D eigenvalue weighted by Gasteiger charge is -2.36. The first kappa shape index (κ1) is 21.2. The molecule has 8 heteroatoms. The third-order valence-corrected chi connectivity index (χ3v) is 7.96.